The molecule has 3 aromatic rings. The number of rotatable bonds is 7. The van der Waals surface area contributed by atoms with Crippen LogP contribution in [0.1, 0.15) is 48.6 Å². The Labute approximate surface area is 236 Å². The Morgan fingerprint density at radius 1 is 1.08 bits per heavy atom. The molecule has 1 heterocycles. The van der Waals surface area contributed by atoms with Crippen LogP contribution in [-0.4, -0.2) is 35.5 Å². The number of amides is 1. The normalized spacial score (nSPS) is 19.3. The molecule has 0 saturated heterocycles. The predicted octanol–water partition coefficient (Wildman–Crippen LogP) is 8.48. The summed E-state index contributed by atoms with van der Waals surface area (Å²) >= 11 is 9.39. The van der Waals surface area contributed by atoms with E-state index in [2.05, 4.69) is 24.5 Å². The monoisotopic (exact) mass is 573 g/mol. The molecular formula is C30H30ClF2NO2S2. The second kappa shape index (κ2) is 11.9. The summed E-state index contributed by atoms with van der Waals surface area (Å²) < 4.78 is 34.9. The highest BCUT2D eigenvalue weighted by Gasteiger charge is 2.44. The largest absolute Gasteiger partial charge is 0.496 e. The lowest BCUT2D eigenvalue weighted by molar-refractivity contribution is -0.134. The van der Waals surface area contributed by atoms with Crippen LogP contribution in [-0.2, 0) is 11.3 Å². The molecule has 1 fully saturated rings. The van der Waals surface area contributed by atoms with Gasteiger partial charge in [0.25, 0.3) is 0 Å². The molecule has 3 aromatic carbocycles. The molecule has 2 unspecified atom stereocenters. The minimum absolute atomic E-state index is 0.0333. The van der Waals surface area contributed by atoms with Crippen molar-refractivity contribution in [3.63, 3.8) is 0 Å². The zero-order chi connectivity index (χ0) is 26.8. The minimum atomic E-state index is -0.939. The number of ether oxygens (including phenoxy) is 1. The molecule has 0 spiro atoms. The maximum absolute atomic E-state index is 14.6. The summed E-state index contributed by atoms with van der Waals surface area (Å²) in [5.41, 5.74) is 3.15. The summed E-state index contributed by atoms with van der Waals surface area (Å²) in [5, 5.41) is -1.74. The van der Waals surface area contributed by atoms with Crippen LogP contribution in [0.2, 0.25) is 0 Å². The molecule has 8 heteroatoms. The molecule has 200 valence electrons. The van der Waals surface area contributed by atoms with Gasteiger partial charge in [-0.3, -0.25) is 4.79 Å². The molecule has 2 aliphatic rings. The van der Waals surface area contributed by atoms with Crippen LogP contribution in [0.5, 0.6) is 5.75 Å². The fourth-order valence-electron chi connectivity index (χ4n) is 5.52. The molecule has 1 aliphatic heterocycles. The van der Waals surface area contributed by atoms with E-state index in [0.29, 0.717) is 12.3 Å². The van der Waals surface area contributed by atoms with Gasteiger partial charge >= 0.3 is 0 Å². The zero-order valence-electron chi connectivity index (χ0n) is 21.4. The predicted molar refractivity (Wildman–Crippen MR) is 152 cm³/mol. The molecule has 1 amide bonds. The maximum atomic E-state index is 14.6. The van der Waals surface area contributed by atoms with E-state index in [0.717, 1.165) is 77.6 Å². The summed E-state index contributed by atoms with van der Waals surface area (Å²) in [6.07, 6.45) is 7.06. The average molecular weight is 574 g/mol. The van der Waals surface area contributed by atoms with Gasteiger partial charge in [-0.25, -0.2) is 8.78 Å². The first-order chi connectivity index (χ1) is 18.4. The van der Waals surface area contributed by atoms with E-state index in [1.54, 1.807) is 18.9 Å². The summed E-state index contributed by atoms with van der Waals surface area (Å²) in [6.45, 7) is 0.337. The lowest BCUT2D eigenvalue weighted by Gasteiger charge is -2.36. The number of fused-ring (bicyclic) bond motifs is 1. The number of methoxy groups -OCH3 is 1. The maximum Gasteiger partial charge on any atom is 0.238 e. The van der Waals surface area contributed by atoms with Crippen LogP contribution < -0.4 is 4.74 Å². The zero-order valence-corrected chi connectivity index (χ0v) is 23.8. The molecule has 1 saturated carbocycles. The van der Waals surface area contributed by atoms with Gasteiger partial charge in [-0.15, -0.1) is 35.1 Å². The molecule has 1 aliphatic carbocycles. The molecule has 5 rings (SSSR count). The first kappa shape index (κ1) is 27.4. The van der Waals surface area contributed by atoms with Gasteiger partial charge in [-0.1, -0.05) is 43.5 Å². The van der Waals surface area contributed by atoms with Crippen LogP contribution in [0.3, 0.4) is 0 Å². The Morgan fingerprint density at radius 2 is 1.82 bits per heavy atom. The molecule has 0 bridgehead atoms. The molecule has 0 aromatic heterocycles. The number of hydrogen-bond acceptors (Lipinski definition) is 4. The van der Waals surface area contributed by atoms with Gasteiger partial charge in [0.05, 0.1) is 17.4 Å². The van der Waals surface area contributed by atoms with E-state index in [9.17, 15) is 13.6 Å². The van der Waals surface area contributed by atoms with E-state index in [1.165, 1.54) is 0 Å². The van der Waals surface area contributed by atoms with Crippen molar-refractivity contribution < 1.29 is 18.3 Å². The van der Waals surface area contributed by atoms with Crippen molar-refractivity contribution in [2.75, 3.05) is 13.4 Å². The molecular weight excluding hydrogens is 544 g/mol. The summed E-state index contributed by atoms with van der Waals surface area (Å²) in [6, 6.07) is 16.5. The van der Waals surface area contributed by atoms with Crippen LogP contribution in [0.15, 0.2) is 64.4 Å². The third-order valence-corrected chi connectivity index (χ3v) is 10.3. The number of benzene rings is 3. The average Bonchev–Trinajstić information content (AvgIpc) is 3.32. The van der Waals surface area contributed by atoms with Crippen molar-refractivity contribution in [3.05, 3.63) is 77.4 Å². The smallest absolute Gasteiger partial charge is 0.238 e. The Kier molecular flexibility index (Phi) is 8.56. The summed E-state index contributed by atoms with van der Waals surface area (Å²) in [4.78, 5) is 17.3. The van der Waals surface area contributed by atoms with Crippen molar-refractivity contribution >= 4 is 41.0 Å². The highest BCUT2D eigenvalue weighted by atomic mass is 35.5. The third-order valence-electron chi connectivity index (χ3n) is 7.46. The van der Waals surface area contributed by atoms with E-state index in [1.807, 2.05) is 29.2 Å². The van der Waals surface area contributed by atoms with E-state index < -0.39 is 22.3 Å². The standard InChI is InChI=1S/C30H30ClF2NO2S2/c1-36-24-15-12-18(21-10-6-7-11-25(21)37-2)16-19(24)17-34(20-8-4-3-5-9-20)30(35)29-27(31)26-22(32)13-14-23(33)28(26)38-29/h6-7,10-16,20,27,29H,3-5,8-9,17H2,1-2H3. The van der Waals surface area contributed by atoms with E-state index >= 15 is 0 Å². The SMILES string of the molecule is COc1ccc(-c2ccccc2SC)cc1CN(C(=O)C1Sc2c(F)ccc(F)c2C1Cl)C1CCCCC1. The molecule has 2 atom stereocenters. The van der Waals surface area contributed by atoms with Crippen molar-refractivity contribution in [3.8, 4) is 16.9 Å². The lowest BCUT2D eigenvalue weighted by Crippen LogP contribution is -2.45. The lowest BCUT2D eigenvalue weighted by atomic mass is 9.93. The second-order valence-electron chi connectivity index (χ2n) is 9.70. The van der Waals surface area contributed by atoms with Gasteiger partial charge in [-0.2, -0.15) is 0 Å². The summed E-state index contributed by atoms with van der Waals surface area (Å²) in [7, 11) is 1.63. The number of carbonyl (C=O) groups is 1. The highest BCUT2D eigenvalue weighted by molar-refractivity contribution is 8.01. The number of alkyl halides is 1. The highest BCUT2D eigenvalue weighted by Crippen LogP contribution is 2.51. The number of nitrogens with zero attached hydrogens (tertiary/aromatic N) is 1. The minimum Gasteiger partial charge on any atom is -0.496 e. The fraction of sp³-hybridized carbons (Fsp3) is 0.367. The topological polar surface area (TPSA) is 29.5 Å². The number of thioether (sulfide) groups is 2. The van der Waals surface area contributed by atoms with Crippen LogP contribution in [0.25, 0.3) is 11.1 Å². The Bertz CT molecular complexity index is 1330. The van der Waals surface area contributed by atoms with Crippen molar-refractivity contribution in [2.24, 2.45) is 0 Å². The van der Waals surface area contributed by atoms with Crippen LogP contribution in [0, 0.1) is 11.6 Å². The quantitative estimate of drug-likeness (QED) is 0.209. The third kappa shape index (κ3) is 5.30. The fourth-order valence-corrected chi connectivity index (χ4v) is 7.96. The van der Waals surface area contributed by atoms with Gasteiger partial charge in [0.2, 0.25) is 5.91 Å². The van der Waals surface area contributed by atoms with E-state index in [4.69, 9.17) is 16.3 Å². The number of halogens is 3. The van der Waals surface area contributed by atoms with Gasteiger partial charge < -0.3 is 9.64 Å². The van der Waals surface area contributed by atoms with Gasteiger partial charge in [0.1, 0.15) is 22.6 Å². The molecule has 0 N–H and O–H groups in total. The summed E-state index contributed by atoms with van der Waals surface area (Å²) in [5.74, 6) is -0.603. The van der Waals surface area contributed by atoms with Crippen molar-refractivity contribution in [1.29, 1.82) is 0 Å². The molecule has 38 heavy (non-hydrogen) atoms. The Morgan fingerprint density at radius 3 is 2.53 bits per heavy atom. The first-order valence-electron chi connectivity index (χ1n) is 12.8. The van der Waals surface area contributed by atoms with E-state index in [-0.39, 0.29) is 22.4 Å². The second-order valence-corrected chi connectivity index (χ2v) is 12.2. The van der Waals surface area contributed by atoms with Crippen molar-refractivity contribution in [1.82, 2.24) is 4.90 Å². The van der Waals surface area contributed by atoms with Crippen LogP contribution in [0.4, 0.5) is 8.78 Å². The van der Waals surface area contributed by atoms with Gasteiger partial charge in [0, 0.05) is 28.6 Å². The molecule has 0 radical (unpaired) electrons. The molecule has 3 nitrogen and oxygen atoms in total. The Hall–Kier alpha value is -2.22. The number of hydrogen-bond donors (Lipinski definition) is 0. The van der Waals surface area contributed by atoms with Crippen LogP contribution >= 0.6 is 35.1 Å². The Balaban J connectivity index is 1.50. The number of carbonyl (C=O) groups excluding carboxylic acids is 1. The first-order valence-corrected chi connectivity index (χ1v) is 15.4. The van der Waals surface area contributed by atoms with Crippen molar-refractivity contribution in [2.45, 2.75) is 65.1 Å². The van der Waals surface area contributed by atoms with Gasteiger partial charge in [-0.05, 0) is 60.6 Å². The van der Waals surface area contributed by atoms with Gasteiger partial charge in [0.15, 0.2) is 0 Å².